The summed E-state index contributed by atoms with van der Waals surface area (Å²) >= 11 is 0. The number of hydrogen-bond acceptors (Lipinski definition) is 3. The van der Waals surface area contributed by atoms with E-state index in [0.29, 0.717) is 0 Å². The molecule has 0 atom stereocenters. The minimum atomic E-state index is 1.01. The average Bonchev–Trinajstić information content (AvgIpc) is 2.62. The van der Waals surface area contributed by atoms with E-state index in [1.165, 1.54) is 0 Å². The summed E-state index contributed by atoms with van der Waals surface area (Å²) in [5, 5.41) is 4.40. The van der Waals surface area contributed by atoms with Gasteiger partial charge < -0.3 is 9.88 Å². The normalized spacial score (nSPS) is 14.7. The van der Waals surface area contributed by atoms with Crippen LogP contribution < -0.4 is 5.32 Å². The highest BCUT2D eigenvalue weighted by atomic mass is 15.2. The third-order valence-corrected chi connectivity index (χ3v) is 2.20. The molecule has 0 aromatic carbocycles. The van der Waals surface area contributed by atoms with Gasteiger partial charge in [-0.25, -0.2) is 9.97 Å². The van der Waals surface area contributed by atoms with Crippen LogP contribution in [-0.2, 0) is 6.54 Å². The Morgan fingerprint density at radius 2 is 2.50 bits per heavy atom. The smallest absolute Gasteiger partial charge is 0.144 e. The molecule has 0 aliphatic carbocycles. The van der Waals surface area contributed by atoms with Gasteiger partial charge in [-0.2, -0.15) is 0 Å². The predicted octanol–water partition coefficient (Wildman–Crippen LogP) is 0.857. The molecule has 0 fully saturated rings. The fraction of sp³-hybridized carbons (Fsp3) is 0.250. The molecule has 3 rings (SSSR count). The molecule has 1 aliphatic rings. The maximum Gasteiger partial charge on any atom is 0.144 e. The summed E-state index contributed by atoms with van der Waals surface area (Å²) in [6.45, 7) is 2.02. The molecule has 0 unspecified atom stereocenters. The van der Waals surface area contributed by atoms with Crippen molar-refractivity contribution in [2.24, 2.45) is 0 Å². The third-order valence-electron chi connectivity index (χ3n) is 2.20. The van der Waals surface area contributed by atoms with Gasteiger partial charge in [-0.15, -0.1) is 0 Å². The summed E-state index contributed by atoms with van der Waals surface area (Å²) in [4.78, 5) is 8.20. The molecule has 12 heavy (non-hydrogen) atoms. The molecule has 0 spiro atoms. The van der Waals surface area contributed by atoms with Crippen LogP contribution in [0.25, 0.3) is 11.0 Å². The lowest BCUT2D eigenvalue weighted by molar-refractivity contribution is 0.827. The number of anilines is 1. The molecule has 4 nitrogen and oxygen atoms in total. The van der Waals surface area contributed by atoms with E-state index in [-0.39, 0.29) is 0 Å². The zero-order valence-corrected chi connectivity index (χ0v) is 6.49. The number of rotatable bonds is 0. The Labute approximate surface area is 69.2 Å². The van der Waals surface area contributed by atoms with E-state index >= 15 is 0 Å². The quantitative estimate of drug-likeness (QED) is 0.621. The van der Waals surface area contributed by atoms with Crippen LogP contribution in [0.4, 0.5) is 5.82 Å². The van der Waals surface area contributed by atoms with E-state index < -0.39 is 0 Å². The van der Waals surface area contributed by atoms with Crippen molar-refractivity contribution >= 4 is 16.9 Å². The SMILES string of the molecule is c1ncc2cc3n(c2n1)CCN3. The van der Waals surface area contributed by atoms with Gasteiger partial charge in [-0.3, -0.25) is 0 Å². The number of fused-ring (bicyclic) bond motifs is 3. The van der Waals surface area contributed by atoms with Crippen LogP contribution in [0.2, 0.25) is 0 Å². The van der Waals surface area contributed by atoms with Crippen molar-refractivity contribution in [3.63, 3.8) is 0 Å². The Hall–Kier alpha value is -1.58. The molecule has 1 N–H and O–H groups in total. The standard InChI is InChI=1S/C8H8N4/c1-2-12-7(10-1)3-6-4-9-5-11-8(6)12/h3-5,10H,1-2H2. The number of hydrogen-bond donors (Lipinski definition) is 1. The number of nitrogens with zero attached hydrogens (tertiary/aromatic N) is 3. The van der Waals surface area contributed by atoms with E-state index in [9.17, 15) is 0 Å². The van der Waals surface area contributed by atoms with Crippen LogP contribution in [0.15, 0.2) is 18.6 Å². The zero-order valence-electron chi connectivity index (χ0n) is 6.49. The highest BCUT2D eigenvalue weighted by Gasteiger charge is 2.13. The number of aromatic nitrogens is 3. The van der Waals surface area contributed by atoms with Crippen LogP contribution in [0.1, 0.15) is 0 Å². The van der Waals surface area contributed by atoms with E-state index in [2.05, 4.69) is 25.9 Å². The van der Waals surface area contributed by atoms with Crippen molar-refractivity contribution in [2.75, 3.05) is 11.9 Å². The molecule has 60 valence electrons. The van der Waals surface area contributed by atoms with Crippen LogP contribution in [0, 0.1) is 0 Å². The van der Waals surface area contributed by atoms with Crippen LogP contribution >= 0.6 is 0 Å². The monoisotopic (exact) mass is 160 g/mol. The summed E-state index contributed by atoms with van der Waals surface area (Å²) in [6, 6.07) is 2.09. The van der Waals surface area contributed by atoms with E-state index in [0.717, 1.165) is 29.9 Å². The average molecular weight is 160 g/mol. The van der Waals surface area contributed by atoms with Gasteiger partial charge in [-0.05, 0) is 6.07 Å². The van der Waals surface area contributed by atoms with Crippen molar-refractivity contribution in [3.05, 3.63) is 18.6 Å². The van der Waals surface area contributed by atoms with E-state index in [1.54, 1.807) is 6.33 Å². The van der Waals surface area contributed by atoms with Crippen LogP contribution in [-0.4, -0.2) is 21.1 Å². The van der Waals surface area contributed by atoms with E-state index in [4.69, 9.17) is 0 Å². The molecule has 0 saturated heterocycles. The molecule has 2 aromatic rings. The lowest BCUT2D eigenvalue weighted by Gasteiger charge is -1.94. The van der Waals surface area contributed by atoms with Gasteiger partial charge in [0.15, 0.2) is 0 Å². The van der Waals surface area contributed by atoms with E-state index in [1.807, 2.05) is 6.20 Å². The second kappa shape index (κ2) is 1.97. The highest BCUT2D eigenvalue weighted by Crippen LogP contribution is 2.23. The Morgan fingerprint density at radius 1 is 1.50 bits per heavy atom. The molecular formula is C8H8N4. The molecule has 4 heteroatoms. The molecule has 2 aromatic heterocycles. The fourth-order valence-corrected chi connectivity index (χ4v) is 1.67. The second-order valence-corrected chi connectivity index (χ2v) is 2.91. The van der Waals surface area contributed by atoms with Crippen molar-refractivity contribution in [1.82, 2.24) is 14.5 Å². The minimum absolute atomic E-state index is 1.01. The summed E-state index contributed by atoms with van der Waals surface area (Å²) in [5.41, 5.74) is 1.03. The zero-order chi connectivity index (χ0) is 7.97. The predicted molar refractivity (Wildman–Crippen MR) is 46.0 cm³/mol. The van der Waals surface area contributed by atoms with Crippen molar-refractivity contribution in [1.29, 1.82) is 0 Å². The van der Waals surface area contributed by atoms with Gasteiger partial charge in [0.1, 0.15) is 17.8 Å². The molecule has 0 radical (unpaired) electrons. The first-order valence-corrected chi connectivity index (χ1v) is 3.98. The first kappa shape index (κ1) is 5.99. The largest absolute Gasteiger partial charge is 0.370 e. The van der Waals surface area contributed by atoms with Gasteiger partial charge in [-0.1, -0.05) is 0 Å². The Balaban J connectivity index is 2.44. The maximum absolute atomic E-state index is 4.22. The van der Waals surface area contributed by atoms with Crippen molar-refractivity contribution < 1.29 is 0 Å². The lowest BCUT2D eigenvalue weighted by atomic mass is 10.4. The first-order valence-electron chi connectivity index (χ1n) is 3.98. The molecular weight excluding hydrogens is 152 g/mol. The summed E-state index contributed by atoms with van der Waals surface area (Å²) in [7, 11) is 0. The van der Waals surface area contributed by atoms with Gasteiger partial charge >= 0.3 is 0 Å². The summed E-state index contributed by atoms with van der Waals surface area (Å²) in [6.07, 6.45) is 3.43. The van der Waals surface area contributed by atoms with Gasteiger partial charge in [0.2, 0.25) is 0 Å². The molecule has 3 heterocycles. The van der Waals surface area contributed by atoms with Crippen molar-refractivity contribution in [2.45, 2.75) is 6.54 Å². The highest BCUT2D eigenvalue weighted by molar-refractivity contribution is 5.81. The van der Waals surface area contributed by atoms with Gasteiger partial charge in [0.05, 0.1) is 0 Å². The van der Waals surface area contributed by atoms with Crippen LogP contribution in [0.3, 0.4) is 0 Å². The Kier molecular flexibility index (Phi) is 0.983. The summed E-state index contributed by atoms with van der Waals surface area (Å²) in [5.74, 6) is 1.16. The molecule has 0 amide bonds. The fourth-order valence-electron chi connectivity index (χ4n) is 1.67. The van der Waals surface area contributed by atoms with Crippen molar-refractivity contribution in [3.8, 4) is 0 Å². The first-order chi connectivity index (χ1) is 5.95. The maximum atomic E-state index is 4.22. The second-order valence-electron chi connectivity index (χ2n) is 2.91. The number of nitrogens with one attached hydrogen (secondary N) is 1. The molecule has 1 aliphatic heterocycles. The lowest BCUT2D eigenvalue weighted by Crippen LogP contribution is -1.95. The van der Waals surface area contributed by atoms with Gasteiger partial charge in [0, 0.05) is 24.7 Å². The molecule has 0 saturated carbocycles. The third kappa shape index (κ3) is 0.617. The Morgan fingerprint density at radius 3 is 3.50 bits per heavy atom. The topological polar surface area (TPSA) is 42.7 Å². The molecule has 0 bridgehead atoms. The van der Waals surface area contributed by atoms with Crippen LogP contribution in [0.5, 0.6) is 0 Å². The Bertz CT molecular complexity index is 432. The van der Waals surface area contributed by atoms with Gasteiger partial charge in [0.25, 0.3) is 0 Å². The minimum Gasteiger partial charge on any atom is -0.370 e. The summed E-state index contributed by atoms with van der Waals surface area (Å²) < 4.78 is 2.18.